The highest BCUT2D eigenvalue weighted by Crippen LogP contribution is 2.10. The second kappa shape index (κ2) is 8.51. The zero-order valence-electron chi connectivity index (χ0n) is 16.1. The van der Waals surface area contributed by atoms with Crippen molar-refractivity contribution in [2.24, 2.45) is 0 Å². The standard InChI is InChI=1S/C17H31N3O5/c1-16(2,3)24-13(21)11-20-10-9-18-12(14(20)22)7-8-19-15(23)25-17(4,5)6/h12,18H,7-11H2,1-6H3,(H,19,23)/t12-/m0/s1. The molecule has 8 nitrogen and oxygen atoms in total. The van der Waals surface area contributed by atoms with Gasteiger partial charge in [-0.2, -0.15) is 0 Å². The molecule has 1 fully saturated rings. The van der Waals surface area contributed by atoms with Gasteiger partial charge in [-0.3, -0.25) is 9.59 Å². The van der Waals surface area contributed by atoms with Gasteiger partial charge in [0, 0.05) is 19.6 Å². The Balaban J connectivity index is 2.43. The molecular formula is C17H31N3O5. The van der Waals surface area contributed by atoms with Crippen molar-refractivity contribution in [3.8, 4) is 0 Å². The maximum absolute atomic E-state index is 12.4. The van der Waals surface area contributed by atoms with Gasteiger partial charge in [0.2, 0.25) is 5.91 Å². The van der Waals surface area contributed by atoms with Gasteiger partial charge in [-0.05, 0) is 48.0 Å². The van der Waals surface area contributed by atoms with Crippen LogP contribution < -0.4 is 10.6 Å². The molecule has 0 unspecified atom stereocenters. The fraction of sp³-hybridized carbons (Fsp3) is 0.824. The smallest absolute Gasteiger partial charge is 0.407 e. The average molecular weight is 357 g/mol. The van der Waals surface area contributed by atoms with Crippen LogP contribution in [0.4, 0.5) is 4.79 Å². The molecule has 25 heavy (non-hydrogen) atoms. The van der Waals surface area contributed by atoms with Crippen LogP contribution in [-0.4, -0.2) is 66.3 Å². The van der Waals surface area contributed by atoms with Gasteiger partial charge in [0.15, 0.2) is 0 Å². The van der Waals surface area contributed by atoms with Crippen molar-refractivity contribution >= 4 is 18.0 Å². The predicted molar refractivity (Wildman–Crippen MR) is 93.1 cm³/mol. The first-order valence-electron chi connectivity index (χ1n) is 8.58. The normalized spacial score (nSPS) is 18.7. The van der Waals surface area contributed by atoms with Crippen LogP contribution in [0.3, 0.4) is 0 Å². The number of ether oxygens (including phenoxy) is 2. The predicted octanol–water partition coefficient (Wildman–Crippen LogP) is 1.04. The van der Waals surface area contributed by atoms with Gasteiger partial charge in [0.1, 0.15) is 17.7 Å². The molecule has 0 saturated carbocycles. The van der Waals surface area contributed by atoms with Crippen molar-refractivity contribution in [3.05, 3.63) is 0 Å². The summed E-state index contributed by atoms with van der Waals surface area (Å²) in [6, 6.07) is -0.439. The molecule has 1 saturated heterocycles. The third kappa shape index (κ3) is 8.72. The molecule has 0 aromatic carbocycles. The first-order valence-corrected chi connectivity index (χ1v) is 8.58. The summed E-state index contributed by atoms with van der Waals surface area (Å²) in [4.78, 5) is 37.5. The highest BCUT2D eigenvalue weighted by molar-refractivity contribution is 5.86. The summed E-state index contributed by atoms with van der Waals surface area (Å²) in [6.45, 7) is 12.0. The summed E-state index contributed by atoms with van der Waals surface area (Å²) < 4.78 is 10.4. The second-order valence-electron chi connectivity index (χ2n) is 8.07. The van der Waals surface area contributed by atoms with Crippen LogP contribution >= 0.6 is 0 Å². The van der Waals surface area contributed by atoms with E-state index in [0.29, 0.717) is 26.1 Å². The molecule has 0 bridgehead atoms. The van der Waals surface area contributed by atoms with E-state index in [1.165, 1.54) is 4.90 Å². The van der Waals surface area contributed by atoms with Crippen molar-refractivity contribution in [2.45, 2.75) is 65.2 Å². The second-order valence-corrected chi connectivity index (χ2v) is 8.07. The minimum atomic E-state index is -0.578. The first-order chi connectivity index (χ1) is 11.4. The summed E-state index contributed by atoms with van der Waals surface area (Å²) in [6.07, 6.45) is -0.0931. The minimum Gasteiger partial charge on any atom is -0.459 e. The van der Waals surface area contributed by atoms with Gasteiger partial charge >= 0.3 is 12.1 Å². The van der Waals surface area contributed by atoms with E-state index < -0.39 is 29.3 Å². The number of hydrogen-bond donors (Lipinski definition) is 2. The largest absolute Gasteiger partial charge is 0.459 e. The van der Waals surface area contributed by atoms with Crippen LogP contribution in [0.25, 0.3) is 0 Å². The van der Waals surface area contributed by atoms with E-state index in [2.05, 4.69) is 10.6 Å². The van der Waals surface area contributed by atoms with Crippen molar-refractivity contribution < 1.29 is 23.9 Å². The highest BCUT2D eigenvalue weighted by Gasteiger charge is 2.30. The van der Waals surface area contributed by atoms with Crippen LogP contribution in [0.5, 0.6) is 0 Å². The molecule has 144 valence electrons. The maximum atomic E-state index is 12.4. The van der Waals surface area contributed by atoms with E-state index in [0.717, 1.165) is 0 Å². The number of esters is 1. The lowest BCUT2D eigenvalue weighted by atomic mass is 10.1. The lowest BCUT2D eigenvalue weighted by Crippen LogP contribution is -2.57. The fourth-order valence-corrected chi connectivity index (χ4v) is 2.34. The molecule has 1 atom stereocenters. The first kappa shape index (κ1) is 21.2. The molecule has 1 rings (SSSR count). The zero-order valence-corrected chi connectivity index (χ0v) is 16.1. The molecule has 2 amide bonds. The maximum Gasteiger partial charge on any atom is 0.407 e. The average Bonchev–Trinajstić information content (AvgIpc) is 2.38. The number of piperazine rings is 1. The van der Waals surface area contributed by atoms with Crippen molar-refractivity contribution in [3.63, 3.8) is 0 Å². The van der Waals surface area contributed by atoms with Crippen LogP contribution in [0, 0.1) is 0 Å². The molecule has 0 radical (unpaired) electrons. The highest BCUT2D eigenvalue weighted by atomic mass is 16.6. The minimum absolute atomic E-state index is 0.0617. The Bertz CT molecular complexity index is 493. The number of hydrogen-bond acceptors (Lipinski definition) is 6. The van der Waals surface area contributed by atoms with Crippen LogP contribution in [0.15, 0.2) is 0 Å². The Morgan fingerprint density at radius 3 is 2.32 bits per heavy atom. The van der Waals surface area contributed by atoms with Gasteiger partial charge in [-0.1, -0.05) is 0 Å². The summed E-state index contributed by atoms with van der Waals surface area (Å²) in [7, 11) is 0. The van der Waals surface area contributed by atoms with Gasteiger partial charge in [0.05, 0.1) is 6.04 Å². The SMILES string of the molecule is CC(C)(C)OC(=O)CN1CCN[C@@H](CCNC(=O)OC(C)(C)C)C1=O. The summed E-state index contributed by atoms with van der Waals surface area (Å²) in [5, 5.41) is 5.74. The van der Waals surface area contributed by atoms with Crippen molar-refractivity contribution in [2.75, 3.05) is 26.2 Å². The van der Waals surface area contributed by atoms with Gasteiger partial charge in [-0.15, -0.1) is 0 Å². The molecule has 0 aromatic heterocycles. The lowest BCUT2D eigenvalue weighted by molar-refractivity contribution is -0.159. The van der Waals surface area contributed by atoms with E-state index in [1.807, 2.05) is 0 Å². The van der Waals surface area contributed by atoms with Crippen LogP contribution in [-0.2, 0) is 19.1 Å². The van der Waals surface area contributed by atoms with Gasteiger partial charge in [-0.25, -0.2) is 4.79 Å². The number of carbonyl (C=O) groups is 3. The Morgan fingerprint density at radius 2 is 1.76 bits per heavy atom. The van der Waals surface area contributed by atoms with E-state index in [9.17, 15) is 14.4 Å². The third-order valence-electron chi connectivity index (χ3n) is 3.22. The third-order valence-corrected chi connectivity index (χ3v) is 3.22. The number of carbonyl (C=O) groups excluding carboxylic acids is 3. The summed E-state index contributed by atoms with van der Waals surface area (Å²) in [5.41, 5.74) is -1.14. The van der Waals surface area contributed by atoms with E-state index >= 15 is 0 Å². The Labute approximate surface area is 149 Å². The quantitative estimate of drug-likeness (QED) is 0.714. The Hall–Kier alpha value is -1.83. The molecule has 1 aliphatic heterocycles. The molecule has 0 spiro atoms. The van der Waals surface area contributed by atoms with Gasteiger partial charge < -0.3 is 25.0 Å². The van der Waals surface area contributed by atoms with Crippen LogP contribution in [0.2, 0.25) is 0 Å². The van der Waals surface area contributed by atoms with E-state index in [4.69, 9.17) is 9.47 Å². The number of nitrogens with one attached hydrogen (secondary N) is 2. The summed E-state index contributed by atoms with van der Waals surface area (Å²) >= 11 is 0. The van der Waals surface area contributed by atoms with E-state index in [1.54, 1.807) is 41.5 Å². The fourth-order valence-electron chi connectivity index (χ4n) is 2.34. The molecule has 1 aliphatic rings. The monoisotopic (exact) mass is 357 g/mol. The van der Waals surface area contributed by atoms with E-state index in [-0.39, 0.29) is 12.5 Å². The molecule has 0 aliphatic carbocycles. The Kier molecular flexibility index (Phi) is 7.22. The summed E-state index contributed by atoms with van der Waals surface area (Å²) in [5.74, 6) is -0.587. The molecule has 0 aromatic rings. The van der Waals surface area contributed by atoms with Crippen LogP contribution in [0.1, 0.15) is 48.0 Å². The lowest BCUT2D eigenvalue weighted by Gasteiger charge is -2.33. The number of nitrogens with zero attached hydrogens (tertiary/aromatic N) is 1. The van der Waals surface area contributed by atoms with Gasteiger partial charge in [0.25, 0.3) is 0 Å². The number of rotatable bonds is 5. The van der Waals surface area contributed by atoms with Crippen molar-refractivity contribution in [1.29, 1.82) is 0 Å². The molecular weight excluding hydrogens is 326 g/mol. The topological polar surface area (TPSA) is 97.0 Å². The number of alkyl carbamates (subject to hydrolysis) is 1. The molecule has 1 heterocycles. The molecule has 2 N–H and O–H groups in total. The van der Waals surface area contributed by atoms with Crippen molar-refractivity contribution in [1.82, 2.24) is 15.5 Å². The zero-order chi connectivity index (χ0) is 19.3. The number of amides is 2. The Morgan fingerprint density at radius 1 is 1.16 bits per heavy atom. The molecule has 8 heteroatoms.